The third kappa shape index (κ3) is 2.34. The number of thiol groups is 1. The minimum atomic E-state index is 0.169. The molecule has 0 radical (unpaired) electrons. The van der Waals surface area contributed by atoms with Crippen molar-refractivity contribution in [3.05, 3.63) is 10.5 Å². The highest BCUT2D eigenvalue weighted by molar-refractivity contribution is 8.03. The highest BCUT2D eigenvalue weighted by atomic mass is 32.2. The van der Waals surface area contributed by atoms with Crippen molar-refractivity contribution < 1.29 is 0 Å². The van der Waals surface area contributed by atoms with Crippen LogP contribution in [-0.4, -0.2) is 12.0 Å². The molecule has 0 amide bonds. The molecular weight excluding hydrogens is 164 g/mol. The molecule has 0 unspecified atom stereocenters. The second kappa shape index (κ2) is 5.22. The topological polar surface area (TPSA) is 47.6 Å². The quantitative estimate of drug-likeness (QED) is 0.505. The summed E-state index contributed by atoms with van der Waals surface area (Å²) < 4.78 is 0. The number of rotatable bonds is 2. The first kappa shape index (κ1) is 9.42. The van der Waals surface area contributed by atoms with E-state index in [4.69, 9.17) is 10.5 Å². The number of nitriles is 2. The van der Waals surface area contributed by atoms with E-state index in [-0.39, 0.29) is 5.57 Å². The molecule has 0 N–H and O–H groups in total. The van der Waals surface area contributed by atoms with Crippen molar-refractivity contribution in [2.24, 2.45) is 0 Å². The maximum Gasteiger partial charge on any atom is 0.139 e. The highest BCUT2D eigenvalue weighted by Gasteiger charge is 2.00. The largest absolute Gasteiger partial charge is 0.192 e. The molecule has 0 spiro atoms. The predicted octanol–water partition coefficient (Wildman–Crippen LogP) is 1.58. The van der Waals surface area contributed by atoms with Crippen LogP contribution in [0.1, 0.15) is 0 Å². The monoisotopic (exact) mass is 170 g/mol. The van der Waals surface area contributed by atoms with Crippen molar-refractivity contribution in [2.45, 2.75) is 0 Å². The zero-order valence-corrected chi connectivity index (χ0v) is 7.17. The summed E-state index contributed by atoms with van der Waals surface area (Å²) in [4.78, 5) is 0.730. The molecule has 10 heavy (non-hydrogen) atoms. The zero-order valence-electron chi connectivity index (χ0n) is 5.46. The third-order valence-corrected chi connectivity index (χ3v) is 2.26. The first-order valence-corrected chi connectivity index (χ1v) is 4.34. The van der Waals surface area contributed by atoms with E-state index in [0.29, 0.717) is 5.75 Å². The lowest BCUT2D eigenvalue weighted by molar-refractivity contribution is 1.44. The van der Waals surface area contributed by atoms with Gasteiger partial charge in [0.25, 0.3) is 0 Å². The highest BCUT2D eigenvalue weighted by Crippen LogP contribution is 2.16. The van der Waals surface area contributed by atoms with Crippen LogP contribution in [0.5, 0.6) is 0 Å². The smallest absolute Gasteiger partial charge is 0.139 e. The summed E-state index contributed by atoms with van der Waals surface area (Å²) in [7, 11) is 0. The van der Waals surface area contributed by atoms with Crippen molar-refractivity contribution in [1.82, 2.24) is 0 Å². The Morgan fingerprint density at radius 2 is 2.00 bits per heavy atom. The molecule has 0 aromatic heterocycles. The van der Waals surface area contributed by atoms with Gasteiger partial charge in [-0.15, -0.1) is 11.8 Å². The van der Waals surface area contributed by atoms with Crippen LogP contribution in [0.4, 0.5) is 0 Å². The van der Waals surface area contributed by atoms with Crippen LogP contribution in [-0.2, 0) is 0 Å². The molecule has 0 aromatic rings. The van der Waals surface area contributed by atoms with Gasteiger partial charge in [0.15, 0.2) is 0 Å². The minimum Gasteiger partial charge on any atom is -0.192 e. The van der Waals surface area contributed by atoms with Gasteiger partial charge in [0.2, 0.25) is 0 Å². The number of thioether (sulfide) groups is 1. The molecule has 0 heterocycles. The lowest BCUT2D eigenvalue weighted by Gasteiger charge is -1.95. The van der Waals surface area contributed by atoms with E-state index < -0.39 is 0 Å². The molecule has 0 aliphatic carbocycles. The second-order valence-corrected chi connectivity index (χ2v) is 2.60. The number of hydrogen-bond donors (Lipinski definition) is 1. The fraction of sp³-hybridized carbons (Fsp3) is 0.333. The van der Waals surface area contributed by atoms with Crippen LogP contribution < -0.4 is 0 Å². The molecular formula is C6H6N2S2. The van der Waals surface area contributed by atoms with Crippen LogP contribution in [0.3, 0.4) is 0 Å². The molecule has 2 nitrogen and oxygen atoms in total. The van der Waals surface area contributed by atoms with Gasteiger partial charge in [0.1, 0.15) is 17.7 Å². The first-order valence-electron chi connectivity index (χ1n) is 2.48. The van der Waals surface area contributed by atoms with Gasteiger partial charge < -0.3 is 0 Å². The van der Waals surface area contributed by atoms with E-state index in [2.05, 4.69) is 12.6 Å². The van der Waals surface area contributed by atoms with Crippen LogP contribution in [0.2, 0.25) is 0 Å². The van der Waals surface area contributed by atoms with Crippen molar-refractivity contribution in [3.8, 4) is 12.1 Å². The summed E-state index contributed by atoms with van der Waals surface area (Å²) in [6.45, 7) is 0. The summed E-state index contributed by atoms with van der Waals surface area (Å²) in [6, 6.07) is 3.60. The van der Waals surface area contributed by atoms with Gasteiger partial charge in [-0.05, 0) is 6.26 Å². The summed E-state index contributed by atoms with van der Waals surface area (Å²) in [5.74, 6) is 0.456. The Morgan fingerprint density at radius 3 is 2.10 bits per heavy atom. The Kier molecular flexibility index (Phi) is 4.92. The van der Waals surface area contributed by atoms with Crippen molar-refractivity contribution >= 4 is 24.4 Å². The maximum absolute atomic E-state index is 8.38. The van der Waals surface area contributed by atoms with Crippen LogP contribution in [0, 0.1) is 22.7 Å². The van der Waals surface area contributed by atoms with Crippen molar-refractivity contribution in [3.63, 3.8) is 0 Å². The standard InChI is InChI=1S/C6H6N2S2/c1-10-6(4-9)5(2-7)3-8/h9H,4H2,1H3. The normalized spacial score (nSPS) is 7.60. The molecule has 0 rings (SSSR count). The summed E-state index contributed by atoms with van der Waals surface area (Å²) in [5, 5.41) is 16.8. The average molecular weight is 170 g/mol. The molecule has 0 atom stereocenters. The molecule has 0 aromatic carbocycles. The summed E-state index contributed by atoms with van der Waals surface area (Å²) >= 11 is 5.35. The van der Waals surface area contributed by atoms with Gasteiger partial charge in [0, 0.05) is 10.7 Å². The summed E-state index contributed by atoms with van der Waals surface area (Å²) in [5.41, 5.74) is 0.169. The van der Waals surface area contributed by atoms with Crippen LogP contribution in [0.15, 0.2) is 10.5 Å². The second-order valence-electron chi connectivity index (χ2n) is 1.38. The third-order valence-electron chi connectivity index (χ3n) is 0.892. The Morgan fingerprint density at radius 1 is 1.50 bits per heavy atom. The van der Waals surface area contributed by atoms with Gasteiger partial charge in [-0.1, -0.05) is 0 Å². The number of allylic oxidation sites excluding steroid dienone is 1. The van der Waals surface area contributed by atoms with Gasteiger partial charge in [-0.25, -0.2) is 0 Å². The molecule has 52 valence electrons. The Labute approximate surface area is 69.9 Å². The van der Waals surface area contributed by atoms with Gasteiger partial charge >= 0.3 is 0 Å². The predicted molar refractivity (Wildman–Crippen MR) is 45.6 cm³/mol. The molecule has 0 aliphatic rings. The molecule has 0 fully saturated rings. The molecule has 4 heteroatoms. The number of hydrogen-bond acceptors (Lipinski definition) is 4. The fourth-order valence-corrected chi connectivity index (χ4v) is 1.37. The Bertz CT molecular complexity index is 197. The maximum atomic E-state index is 8.38. The zero-order chi connectivity index (χ0) is 7.98. The van der Waals surface area contributed by atoms with Crippen molar-refractivity contribution in [1.29, 1.82) is 10.5 Å². The first-order chi connectivity index (χ1) is 4.79. The van der Waals surface area contributed by atoms with Gasteiger partial charge in [-0.3, -0.25) is 0 Å². The van der Waals surface area contributed by atoms with Crippen LogP contribution >= 0.6 is 24.4 Å². The van der Waals surface area contributed by atoms with E-state index in [0.717, 1.165) is 4.91 Å². The van der Waals surface area contributed by atoms with Crippen molar-refractivity contribution in [2.75, 3.05) is 12.0 Å². The van der Waals surface area contributed by atoms with E-state index in [1.54, 1.807) is 12.1 Å². The lowest BCUT2D eigenvalue weighted by Crippen LogP contribution is -1.83. The van der Waals surface area contributed by atoms with E-state index in [1.165, 1.54) is 11.8 Å². The fourth-order valence-electron chi connectivity index (χ4n) is 0.395. The van der Waals surface area contributed by atoms with E-state index in [1.807, 2.05) is 6.26 Å². The van der Waals surface area contributed by atoms with E-state index in [9.17, 15) is 0 Å². The molecule has 0 bridgehead atoms. The van der Waals surface area contributed by atoms with Gasteiger partial charge in [0.05, 0.1) is 0 Å². The Balaban J connectivity index is 4.62. The molecule has 0 aliphatic heterocycles. The lowest BCUT2D eigenvalue weighted by atomic mass is 10.3. The molecule has 0 saturated carbocycles. The van der Waals surface area contributed by atoms with E-state index >= 15 is 0 Å². The minimum absolute atomic E-state index is 0.169. The molecule has 0 saturated heterocycles. The Hall–Kier alpha value is -0.580. The van der Waals surface area contributed by atoms with Gasteiger partial charge in [-0.2, -0.15) is 23.2 Å². The summed E-state index contributed by atoms with van der Waals surface area (Å²) in [6.07, 6.45) is 1.82. The average Bonchev–Trinajstić information content (AvgIpc) is 2.00. The number of nitrogens with zero attached hydrogens (tertiary/aromatic N) is 2. The van der Waals surface area contributed by atoms with Crippen LogP contribution in [0.25, 0.3) is 0 Å². The SMILES string of the molecule is CSC(CS)=C(C#N)C#N.